The number of hydrogen-bond acceptors (Lipinski definition) is 3. The average Bonchev–Trinajstić information content (AvgIpc) is 2.82. The van der Waals surface area contributed by atoms with E-state index in [9.17, 15) is 4.39 Å². The van der Waals surface area contributed by atoms with Crippen LogP contribution in [0.15, 0.2) is 22.7 Å². The van der Waals surface area contributed by atoms with Gasteiger partial charge in [0.2, 0.25) is 0 Å². The second-order valence-corrected chi connectivity index (χ2v) is 4.64. The Kier molecular flexibility index (Phi) is 4.76. The van der Waals surface area contributed by atoms with E-state index in [2.05, 4.69) is 15.9 Å². The fourth-order valence-corrected chi connectivity index (χ4v) is 1.94. The molecule has 5 heteroatoms. The van der Waals surface area contributed by atoms with Gasteiger partial charge >= 0.3 is 0 Å². The molecule has 17 heavy (non-hydrogen) atoms. The van der Waals surface area contributed by atoms with E-state index >= 15 is 0 Å². The summed E-state index contributed by atoms with van der Waals surface area (Å²) in [5.41, 5.74) is 0. The lowest BCUT2D eigenvalue weighted by Crippen LogP contribution is -2.17. The third-order valence-corrected chi connectivity index (χ3v) is 3.09. The minimum atomic E-state index is -0.295. The summed E-state index contributed by atoms with van der Waals surface area (Å²) < 4.78 is 29.5. The molecule has 0 spiro atoms. The van der Waals surface area contributed by atoms with Gasteiger partial charge in [-0.05, 0) is 40.5 Å². The van der Waals surface area contributed by atoms with Crippen molar-refractivity contribution in [2.45, 2.75) is 12.5 Å². The van der Waals surface area contributed by atoms with Gasteiger partial charge in [0.05, 0.1) is 23.8 Å². The van der Waals surface area contributed by atoms with Gasteiger partial charge in [-0.3, -0.25) is 0 Å². The maximum atomic E-state index is 13.0. The number of halogens is 2. The van der Waals surface area contributed by atoms with E-state index in [0.717, 1.165) is 13.0 Å². The molecule has 0 aromatic heterocycles. The van der Waals surface area contributed by atoms with E-state index in [-0.39, 0.29) is 11.9 Å². The molecule has 1 unspecified atom stereocenters. The highest BCUT2D eigenvalue weighted by Crippen LogP contribution is 2.21. The van der Waals surface area contributed by atoms with E-state index < -0.39 is 0 Å². The van der Waals surface area contributed by atoms with E-state index in [1.165, 1.54) is 6.07 Å². The molecule has 1 aliphatic rings. The fraction of sp³-hybridized carbons (Fsp3) is 0.500. The van der Waals surface area contributed by atoms with Crippen LogP contribution in [-0.4, -0.2) is 32.5 Å². The molecular formula is C12H14BrFO3. The van der Waals surface area contributed by atoms with Crippen LogP contribution in [0.25, 0.3) is 0 Å². The summed E-state index contributed by atoms with van der Waals surface area (Å²) in [4.78, 5) is 0. The van der Waals surface area contributed by atoms with Crippen molar-refractivity contribution >= 4 is 15.9 Å². The normalized spacial score (nSPS) is 19.5. The molecule has 94 valence electrons. The largest absolute Gasteiger partial charge is 0.491 e. The summed E-state index contributed by atoms with van der Waals surface area (Å²) in [5.74, 6) is 0.334. The summed E-state index contributed by atoms with van der Waals surface area (Å²) in [6, 6.07) is 4.57. The van der Waals surface area contributed by atoms with Crippen molar-refractivity contribution in [1.82, 2.24) is 0 Å². The van der Waals surface area contributed by atoms with Crippen molar-refractivity contribution in [3.8, 4) is 5.75 Å². The molecule has 0 saturated carbocycles. The number of rotatable bonds is 5. The van der Waals surface area contributed by atoms with Crippen LogP contribution in [0.3, 0.4) is 0 Å². The summed E-state index contributed by atoms with van der Waals surface area (Å²) in [6.07, 6.45) is 1.14. The van der Waals surface area contributed by atoms with E-state index in [4.69, 9.17) is 14.2 Å². The zero-order valence-electron chi connectivity index (χ0n) is 9.33. The number of hydrogen-bond donors (Lipinski definition) is 0. The molecule has 0 amide bonds. The highest BCUT2D eigenvalue weighted by atomic mass is 79.9. The molecule has 0 radical (unpaired) electrons. The minimum Gasteiger partial charge on any atom is -0.491 e. The van der Waals surface area contributed by atoms with Crippen LogP contribution in [0, 0.1) is 5.82 Å². The van der Waals surface area contributed by atoms with Crippen molar-refractivity contribution < 1.29 is 18.6 Å². The van der Waals surface area contributed by atoms with Crippen molar-refractivity contribution in [2.75, 3.05) is 26.4 Å². The zero-order chi connectivity index (χ0) is 12.1. The van der Waals surface area contributed by atoms with Crippen molar-refractivity contribution in [1.29, 1.82) is 0 Å². The highest BCUT2D eigenvalue weighted by molar-refractivity contribution is 9.10. The van der Waals surface area contributed by atoms with Crippen LogP contribution in [0.5, 0.6) is 5.75 Å². The quantitative estimate of drug-likeness (QED) is 0.783. The van der Waals surface area contributed by atoms with Crippen LogP contribution < -0.4 is 4.74 Å². The molecule has 0 bridgehead atoms. The Labute approximate surface area is 108 Å². The van der Waals surface area contributed by atoms with Crippen LogP contribution in [-0.2, 0) is 9.47 Å². The molecule has 2 rings (SSSR count). The highest BCUT2D eigenvalue weighted by Gasteiger charge is 2.15. The summed E-state index contributed by atoms with van der Waals surface area (Å²) in [7, 11) is 0. The van der Waals surface area contributed by atoms with E-state index in [0.29, 0.717) is 30.0 Å². The molecule has 1 atom stereocenters. The van der Waals surface area contributed by atoms with Crippen LogP contribution in [0.4, 0.5) is 4.39 Å². The van der Waals surface area contributed by atoms with Crippen LogP contribution >= 0.6 is 15.9 Å². The Morgan fingerprint density at radius 1 is 1.41 bits per heavy atom. The first-order chi connectivity index (χ1) is 8.25. The Balaban J connectivity index is 1.68. The summed E-state index contributed by atoms with van der Waals surface area (Å²) in [5, 5.41) is 0. The zero-order valence-corrected chi connectivity index (χ0v) is 10.9. The van der Waals surface area contributed by atoms with Gasteiger partial charge in [-0.25, -0.2) is 4.39 Å². The molecule has 1 aromatic rings. The van der Waals surface area contributed by atoms with E-state index in [1.54, 1.807) is 12.1 Å². The molecular weight excluding hydrogens is 291 g/mol. The maximum Gasteiger partial charge on any atom is 0.137 e. The molecule has 1 fully saturated rings. The molecule has 1 heterocycles. The van der Waals surface area contributed by atoms with Gasteiger partial charge in [-0.15, -0.1) is 0 Å². The van der Waals surface area contributed by atoms with Gasteiger partial charge < -0.3 is 14.2 Å². The standard InChI is InChI=1S/C12H14BrFO3/c13-11-7-9(1-2-12(11)14)16-5-6-17-10-3-4-15-8-10/h1-2,7,10H,3-6,8H2. The van der Waals surface area contributed by atoms with Gasteiger partial charge in [0, 0.05) is 6.61 Å². The summed E-state index contributed by atoms with van der Waals surface area (Å²) >= 11 is 3.11. The van der Waals surface area contributed by atoms with Gasteiger partial charge in [0.25, 0.3) is 0 Å². The Bertz CT molecular complexity index is 367. The molecule has 0 aliphatic carbocycles. The Morgan fingerprint density at radius 3 is 3.00 bits per heavy atom. The molecule has 1 saturated heterocycles. The second-order valence-electron chi connectivity index (χ2n) is 3.78. The smallest absolute Gasteiger partial charge is 0.137 e. The molecule has 1 aliphatic heterocycles. The average molecular weight is 305 g/mol. The molecule has 3 nitrogen and oxygen atoms in total. The third-order valence-electron chi connectivity index (χ3n) is 2.48. The molecule has 0 N–H and O–H groups in total. The second kappa shape index (κ2) is 6.33. The van der Waals surface area contributed by atoms with Crippen molar-refractivity contribution in [3.05, 3.63) is 28.5 Å². The van der Waals surface area contributed by atoms with E-state index in [1.807, 2.05) is 0 Å². The number of ether oxygens (including phenoxy) is 3. The topological polar surface area (TPSA) is 27.7 Å². The van der Waals surface area contributed by atoms with Crippen molar-refractivity contribution in [3.63, 3.8) is 0 Å². The Hall–Kier alpha value is -0.650. The first-order valence-electron chi connectivity index (χ1n) is 5.53. The predicted octanol–water partition coefficient (Wildman–Crippen LogP) is 2.77. The van der Waals surface area contributed by atoms with Crippen molar-refractivity contribution in [2.24, 2.45) is 0 Å². The predicted molar refractivity (Wildman–Crippen MR) is 64.8 cm³/mol. The minimum absolute atomic E-state index is 0.193. The Morgan fingerprint density at radius 2 is 2.29 bits per heavy atom. The third kappa shape index (κ3) is 3.94. The SMILES string of the molecule is Fc1ccc(OCCOC2CCOC2)cc1Br. The lowest BCUT2D eigenvalue weighted by Gasteiger charge is -2.11. The molecule has 1 aromatic carbocycles. The van der Waals surface area contributed by atoms with Gasteiger partial charge in [0.1, 0.15) is 18.2 Å². The lowest BCUT2D eigenvalue weighted by atomic mass is 10.3. The monoisotopic (exact) mass is 304 g/mol. The van der Waals surface area contributed by atoms with Gasteiger partial charge in [0.15, 0.2) is 0 Å². The van der Waals surface area contributed by atoms with Crippen LogP contribution in [0.1, 0.15) is 6.42 Å². The first-order valence-corrected chi connectivity index (χ1v) is 6.32. The summed E-state index contributed by atoms with van der Waals surface area (Å²) in [6.45, 7) is 2.41. The first kappa shape index (κ1) is 12.8. The van der Waals surface area contributed by atoms with Gasteiger partial charge in [-0.1, -0.05) is 0 Å². The fourth-order valence-electron chi connectivity index (χ4n) is 1.59. The van der Waals surface area contributed by atoms with Gasteiger partial charge in [-0.2, -0.15) is 0 Å². The maximum absolute atomic E-state index is 13.0. The number of benzene rings is 1. The van der Waals surface area contributed by atoms with Crippen LogP contribution in [0.2, 0.25) is 0 Å². The lowest BCUT2D eigenvalue weighted by molar-refractivity contribution is 0.0265.